The van der Waals surface area contributed by atoms with E-state index in [1.807, 2.05) is 12.1 Å². The van der Waals surface area contributed by atoms with Gasteiger partial charge < -0.3 is 5.32 Å². The summed E-state index contributed by atoms with van der Waals surface area (Å²) in [5, 5.41) is 3.69. The molecule has 2 aromatic rings. The smallest absolute Gasteiger partial charge is 0.126 e. The lowest BCUT2D eigenvalue weighted by molar-refractivity contribution is 0.185. The number of benzene rings is 2. The number of hydrogen-bond donors (Lipinski definition) is 1. The number of likely N-dealkylation sites (tertiary alicyclic amines) is 1. The van der Waals surface area contributed by atoms with E-state index in [1.165, 1.54) is 5.56 Å². The number of nitrogens with zero attached hydrogens (tertiary/aromatic N) is 1. The van der Waals surface area contributed by atoms with Crippen LogP contribution in [0, 0.1) is 5.82 Å². The molecule has 1 unspecified atom stereocenters. The zero-order chi connectivity index (χ0) is 16.8. The summed E-state index contributed by atoms with van der Waals surface area (Å²) >= 11 is 0. The summed E-state index contributed by atoms with van der Waals surface area (Å²) in [6, 6.07) is 18.6. The predicted octanol–water partition coefficient (Wildman–Crippen LogP) is 4.01. The SMILES string of the molecule is CC(Cc1ccccc1F)NC1CCN(Cc2ccccc2)CC1. The Morgan fingerprint density at radius 1 is 1.04 bits per heavy atom. The molecule has 3 heteroatoms. The molecule has 1 heterocycles. The first-order chi connectivity index (χ1) is 11.7. The summed E-state index contributed by atoms with van der Waals surface area (Å²) in [6.07, 6.45) is 3.07. The average molecular weight is 326 g/mol. The van der Waals surface area contributed by atoms with Crippen LogP contribution < -0.4 is 5.32 Å². The van der Waals surface area contributed by atoms with Gasteiger partial charge in [-0.05, 0) is 56.5 Å². The first-order valence-corrected chi connectivity index (χ1v) is 8.96. The van der Waals surface area contributed by atoms with Crippen LogP contribution in [0.4, 0.5) is 4.39 Å². The van der Waals surface area contributed by atoms with Gasteiger partial charge >= 0.3 is 0 Å². The van der Waals surface area contributed by atoms with Crippen molar-refractivity contribution in [3.8, 4) is 0 Å². The number of halogens is 1. The molecule has 24 heavy (non-hydrogen) atoms. The van der Waals surface area contributed by atoms with E-state index in [4.69, 9.17) is 0 Å². The quantitative estimate of drug-likeness (QED) is 0.863. The molecule has 0 aromatic heterocycles. The zero-order valence-electron chi connectivity index (χ0n) is 14.4. The Morgan fingerprint density at radius 2 is 1.71 bits per heavy atom. The van der Waals surface area contributed by atoms with Crippen LogP contribution in [0.3, 0.4) is 0 Å². The van der Waals surface area contributed by atoms with Gasteiger partial charge in [-0.2, -0.15) is 0 Å². The van der Waals surface area contributed by atoms with Crippen LogP contribution in [0.15, 0.2) is 54.6 Å². The van der Waals surface area contributed by atoms with Gasteiger partial charge in [-0.1, -0.05) is 48.5 Å². The third-order valence-corrected chi connectivity index (χ3v) is 4.84. The van der Waals surface area contributed by atoms with Crippen LogP contribution in [0.25, 0.3) is 0 Å². The normalized spacial score (nSPS) is 17.8. The van der Waals surface area contributed by atoms with Gasteiger partial charge in [-0.15, -0.1) is 0 Å². The van der Waals surface area contributed by atoms with Crippen molar-refractivity contribution in [1.29, 1.82) is 0 Å². The highest BCUT2D eigenvalue weighted by Gasteiger charge is 2.20. The van der Waals surface area contributed by atoms with Crippen molar-refractivity contribution in [3.05, 3.63) is 71.5 Å². The Hall–Kier alpha value is -1.71. The second-order valence-corrected chi connectivity index (χ2v) is 6.90. The Bertz CT molecular complexity index is 621. The lowest BCUT2D eigenvalue weighted by Crippen LogP contribution is -2.45. The van der Waals surface area contributed by atoms with Gasteiger partial charge in [-0.25, -0.2) is 4.39 Å². The van der Waals surface area contributed by atoms with Gasteiger partial charge in [-0.3, -0.25) is 4.90 Å². The van der Waals surface area contributed by atoms with Crippen molar-refractivity contribution in [2.45, 2.75) is 44.8 Å². The number of rotatable bonds is 6. The molecule has 0 radical (unpaired) electrons. The molecular weight excluding hydrogens is 299 g/mol. The third-order valence-electron chi connectivity index (χ3n) is 4.84. The second-order valence-electron chi connectivity index (χ2n) is 6.90. The van der Waals surface area contributed by atoms with Crippen molar-refractivity contribution < 1.29 is 4.39 Å². The van der Waals surface area contributed by atoms with Crippen LogP contribution in [0.2, 0.25) is 0 Å². The Labute approximate surface area is 144 Å². The van der Waals surface area contributed by atoms with E-state index in [9.17, 15) is 4.39 Å². The predicted molar refractivity (Wildman–Crippen MR) is 97.4 cm³/mol. The minimum Gasteiger partial charge on any atom is -0.311 e. The molecule has 1 N–H and O–H groups in total. The van der Waals surface area contributed by atoms with Crippen molar-refractivity contribution >= 4 is 0 Å². The molecule has 0 amide bonds. The first-order valence-electron chi connectivity index (χ1n) is 8.96. The van der Waals surface area contributed by atoms with Gasteiger partial charge in [0.2, 0.25) is 0 Å². The highest BCUT2D eigenvalue weighted by atomic mass is 19.1. The monoisotopic (exact) mass is 326 g/mol. The van der Waals surface area contributed by atoms with E-state index in [0.29, 0.717) is 12.1 Å². The first kappa shape index (κ1) is 17.1. The summed E-state index contributed by atoms with van der Waals surface area (Å²) in [6.45, 7) is 5.44. The highest BCUT2D eigenvalue weighted by Crippen LogP contribution is 2.15. The molecule has 0 spiro atoms. The van der Waals surface area contributed by atoms with E-state index in [-0.39, 0.29) is 5.82 Å². The van der Waals surface area contributed by atoms with Crippen LogP contribution in [0.1, 0.15) is 30.9 Å². The fourth-order valence-corrected chi connectivity index (χ4v) is 3.55. The summed E-state index contributed by atoms with van der Waals surface area (Å²) < 4.78 is 13.8. The Balaban J connectivity index is 1.43. The summed E-state index contributed by atoms with van der Waals surface area (Å²) in [5.41, 5.74) is 2.19. The zero-order valence-corrected chi connectivity index (χ0v) is 14.4. The molecule has 0 saturated carbocycles. The van der Waals surface area contributed by atoms with E-state index in [0.717, 1.165) is 44.5 Å². The van der Waals surface area contributed by atoms with E-state index < -0.39 is 0 Å². The van der Waals surface area contributed by atoms with E-state index in [2.05, 4.69) is 47.5 Å². The maximum atomic E-state index is 13.8. The van der Waals surface area contributed by atoms with Gasteiger partial charge in [0.1, 0.15) is 5.82 Å². The van der Waals surface area contributed by atoms with E-state index in [1.54, 1.807) is 12.1 Å². The molecule has 2 aromatic carbocycles. The minimum absolute atomic E-state index is 0.0937. The van der Waals surface area contributed by atoms with Gasteiger partial charge in [0.15, 0.2) is 0 Å². The molecule has 1 atom stereocenters. The molecule has 2 nitrogen and oxygen atoms in total. The Morgan fingerprint density at radius 3 is 2.42 bits per heavy atom. The summed E-state index contributed by atoms with van der Waals surface area (Å²) in [5.74, 6) is -0.0937. The lowest BCUT2D eigenvalue weighted by atomic mass is 10.0. The van der Waals surface area contributed by atoms with Crippen LogP contribution in [0.5, 0.6) is 0 Å². The molecule has 1 saturated heterocycles. The fourth-order valence-electron chi connectivity index (χ4n) is 3.55. The molecule has 0 bridgehead atoms. The van der Waals surface area contributed by atoms with Crippen LogP contribution in [-0.2, 0) is 13.0 Å². The van der Waals surface area contributed by atoms with Crippen LogP contribution in [-0.4, -0.2) is 30.1 Å². The van der Waals surface area contributed by atoms with Crippen molar-refractivity contribution in [2.24, 2.45) is 0 Å². The molecule has 1 aliphatic heterocycles. The standard InChI is InChI=1S/C21H27FN2/c1-17(15-19-9-5-6-10-21(19)22)23-20-11-13-24(14-12-20)16-18-7-3-2-4-8-18/h2-10,17,20,23H,11-16H2,1H3. The lowest BCUT2D eigenvalue weighted by Gasteiger charge is -2.34. The largest absolute Gasteiger partial charge is 0.311 e. The van der Waals surface area contributed by atoms with Gasteiger partial charge in [0.25, 0.3) is 0 Å². The van der Waals surface area contributed by atoms with Gasteiger partial charge in [0.05, 0.1) is 0 Å². The van der Waals surface area contributed by atoms with Crippen LogP contribution >= 0.6 is 0 Å². The minimum atomic E-state index is -0.0937. The van der Waals surface area contributed by atoms with E-state index >= 15 is 0 Å². The third kappa shape index (κ3) is 4.89. The fraction of sp³-hybridized carbons (Fsp3) is 0.429. The summed E-state index contributed by atoms with van der Waals surface area (Å²) in [4.78, 5) is 2.52. The Kier molecular flexibility index (Phi) is 6.00. The second kappa shape index (κ2) is 8.41. The molecule has 1 fully saturated rings. The average Bonchev–Trinajstić information content (AvgIpc) is 2.60. The van der Waals surface area contributed by atoms with Crippen molar-refractivity contribution in [1.82, 2.24) is 10.2 Å². The topological polar surface area (TPSA) is 15.3 Å². The maximum absolute atomic E-state index is 13.8. The molecule has 1 aliphatic rings. The van der Waals surface area contributed by atoms with Crippen molar-refractivity contribution in [3.63, 3.8) is 0 Å². The molecular formula is C21H27FN2. The number of piperidine rings is 1. The molecule has 0 aliphatic carbocycles. The number of nitrogens with one attached hydrogen (secondary N) is 1. The maximum Gasteiger partial charge on any atom is 0.126 e. The molecule has 3 rings (SSSR count). The van der Waals surface area contributed by atoms with Gasteiger partial charge in [0, 0.05) is 18.6 Å². The summed E-state index contributed by atoms with van der Waals surface area (Å²) in [7, 11) is 0. The number of hydrogen-bond acceptors (Lipinski definition) is 2. The molecule has 128 valence electrons. The highest BCUT2D eigenvalue weighted by molar-refractivity contribution is 5.18. The van der Waals surface area contributed by atoms with Crippen molar-refractivity contribution in [2.75, 3.05) is 13.1 Å².